The van der Waals surface area contributed by atoms with E-state index < -0.39 is 9.84 Å². The number of aromatic nitrogens is 1. The molecule has 0 unspecified atom stereocenters. The Bertz CT molecular complexity index is 458. The van der Waals surface area contributed by atoms with E-state index in [9.17, 15) is 8.42 Å². The van der Waals surface area contributed by atoms with Gasteiger partial charge in [0.15, 0.2) is 9.84 Å². The highest BCUT2D eigenvalue weighted by molar-refractivity contribution is 7.91. The number of hydrogen-bond acceptors (Lipinski definition) is 2. The van der Waals surface area contributed by atoms with Gasteiger partial charge in [0.05, 0.1) is 5.75 Å². The van der Waals surface area contributed by atoms with Crippen molar-refractivity contribution in [2.24, 2.45) is 0 Å². The molecule has 0 amide bonds. The quantitative estimate of drug-likeness (QED) is 0.795. The van der Waals surface area contributed by atoms with E-state index >= 15 is 0 Å². The van der Waals surface area contributed by atoms with Crippen LogP contribution in [0, 0.1) is 20.8 Å². The zero-order chi connectivity index (χ0) is 12.3. The van der Waals surface area contributed by atoms with Crippen molar-refractivity contribution in [2.45, 2.75) is 40.7 Å². The van der Waals surface area contributed by atoms with E-state index in [1.165, 1.54) is 16.8 Å². The lowest BCUT2D eigenvalue weighted by Gasteiger charge is -2.07. The molecule has 0 saturated heterocycles. The van der Waals surface area contributed by atoms with Crippen LogP contribution in [0.15, 0.2) is 6.20 Å². The normalized spacial score (nSPS) is 12.0. The van der Waals surface area contributed by atoms with Gasteiger partial charge in [0, 0.05) is 24.2 Å². The standard InChI is InChI=1S/C12H21NO2S/c1-5-7-16(14,15)8-6-13-9-10(2)11(3)12(13)4/h9H,5-8H2,1-4H3. The predicted molar refractivity (Wildman–Crippen MR) is 67.6 cm³/mol. The summed E-state index contributed by atoms with van der Waals surface area (Å²) in [6.07, 6.45) is 2.73. The maximum Gasteiger partial charge on any atom is 0.152 e. The third-order valence-corrected chi connectivity index (χ3v) is 4.91. The Morgan fingerprint density at radius 2 is 1.81 bits per heavy atom. The van der Waals surface area contributed by atoms with Crippen LogP contribution in [-0.2, 0) is 16.4 Å². The summed E-state index contributed by atoms with van der Waals surface area (Å²) in [5.74, 6) is 0.542. The molecule has 1 aromatic heterocycles. The lowest BCUT2D eigenvalue weighted by atomic mass is 10.2. The third-order valence-electron chi connectivity index (χ3n) is 3.07. The van der Waals surface area contributed by atoms with Crippen LogP contribution in [0.25, 0.3) is 0 Å². The highest BCUT2D eigenvalue weighted by atomic mass is 32.2. The molecule has 4 heteroatoms. The Morgan fingerprint density at radius 3 is 2.25 bits per heavy atom. The number of rotatable bonds is 5. The van der Waals surface area contributed by atoms with Crippen LogP contribution in [0.4, 0.5) is 0 Å². The van der Waals surface area contributed by atoms with Crippen LogP contribution in [0.2, 0.25) is 0 Å². The topological polar surface area (TPSA) is 39.1 Å². The van der Waals surface area contributed by atoms with E-state index in [-0.39, 0.29) is 5.75 Å². The maximum absolute atomic E-state index is 11.6. The summed E-state index contributed by atoms with van der Waals surface area (Å²) in [6.45, 7) is 8.63. The molecule has 0 N–H and O–H groups in total. The molecule has 0 spiro atoms. The van der Waals surface area contributed by atoms with Crippen LogP contribution in [0.5, 0.6) is 0 Å². The summed E-state index contributed by atoms with van der Waals surface area (Å²) in [7, 11) is -2.87. The van der Waals surface area contributed by atoms with Crippen molar-refractivity contribution in [2.75, 3.05) is 11.5 Å². The van der Waals surface area contributed by atoms with E-state index in [0.29, 0.717) is 18.7 Å². The van der Waals surface area contributed by atoms with Gasteiger partial charge in [0.1, 0.15) is 0 Å². The van der Waals surface area contributed by atoms with E-state index in [0.717, 1.165) is 0 Å². The van der Waals surface area contributed by atoms with Gasteiger partial charge in [-0.05, 0) is 38.3 Å². The third kappa shape index (κ3) is 3.11. The van der Waals surface area contributed by atoms with Crippen LogP contribution in [-0.4, -0.2) is 24.5 Å². The lowest BCUT2D eigenvalue weighted by Crippen LogP contribution is -2.16. The average molecular weight is 243 g/mol. The van der Waals surface area contributed by atoms with Gasteiger partial charge in [0.2, 0.25) is 0 Å². The molecular formula is C12H21NO2S. The summed E-state index contributed by atoms with van der Waals surface area (Å²) in [5.41, 5.74) is 3.66. The minimum Gasteiger partial charge on any atom is -0.350 e. The Balaban J connectivity index is 2.72. The fourth-order valence-electron chi connectivity index (χ4n) is 1.81. The molecular weight excluding hydrogens is 222 g/mol. The largest absolute Gasteiger partial charge is 0.350 e. The molecule has 0 aromatic carbocycles. The van der Waals surface area contributed by atoms with Crippen molar-refractivity contribution in [3.8, 4) is 0 Å². The predicted octanol–water partition coefficient (Wildman–Crippen LogP) is 2.24. The lowest BCUT2D eigenvalue weighted by molar-refractivity contribution is 0.586. The van der Waals surface area contributed by atoms with E-state index in [4.69, 9.17) is 0 Å². The first-order valence-electron chi connectivity index (χ1n) is 5.70. The Kier molecular flexibility index (Phi) is 4.19. The van der Waals surface area contributed by atoms with Crippen LogP contribution >= 0.6 is 0 Å². The van der Waals surface area contributed by atoms with Gasteiger partial charge >= 0.3 is 0 Å². The molecule has 1 heterocycles. The fraction of sp³-hybridized carbons (Fsp3) is 0.667. The fourth-order valence-corrected chi connectivity index (χ4v) is 3.11. The van der Waals surface area contributed by atoms with Crippen LogP contribution < -0.4 is 0 Å². The Morgan fingerprint density at radius 1 is 1.19 bits per heavy atom. The van der Waals surface area contributed by atoms with E-state index in [1.54, 1.807) is 0 Å². The number of nitrogens with zero attached hydrogens (tertiary/aromatic N) is 1. The van der Waals surface area contributed by atoms with Crippen LogP contribution in [0.1, 0.15) is 30.2 Å². The Labute approximate surface area is 98.4 Å². The van der Waals surface area contributed by atoms with E-state index in [1.807, 2.05) is 24.6 Å². The molecule has 0 fully saturated rings. The summed E-state index contributed by atoms with van der Waals surface area (Å²) >= 11 is 0. The number of hydrogen-bond donors (Lipinski definition) is 0. The van der Waals surface area contributed by atoms with Gasteiger partial charge in [-0.15, -0.1) is 0 Å². The molecule has 0 aliphatic rings. The highest BCUT2D eigenvalue weighted by Gasteiger charge is 2.11. The molecule has 0 aliphatic heterocycles. The zero-order valence-corrected chi connectivity index (χ0v) is 11.4. The van der Waals surface area contributed by atoms with Crippen LogP contribution in [0.3, 0.4) is 0 Å². The van der Waals surface area contributed by atoms with Crippen molar-refractivity contribution in [1.29, 1.82) is 0 Å². The molecule has 92 valence electrons. The summed E-state index contributed by atoms with van der Waals surface area (Å²) in [5, 5.41) is 0. The Hall–Kier alpha value is -0.770. The van der Waals surface area contributed by atoms with Gasteiger partial charge in [-0.1, -0.05) is 6.92 Å². The summed E-state index contributed by atoms with van der Waals surface area (Å²) < 4.78 is 25.2. The molecule has 0 bridgehead atoms. The first-order chi connectivity index (χ1) is 7.37. The van der Waals surface area contributed by atoms with Gasteiger partial charge in [-0.2, -0.15) is 0 Å². The monoisotopic (exact) mass is 243 g/mol. The molecule has 16 heavy (non-hydrogen) atoms. The van der Waals surface area contributed by atoms with Gasteiger partial charge in [-0.25, -0.2) is 8.42 Å². The molecule has 0 saturated carbocycles. The molecule has 1 aromatic rings. The first kappa shape index (κ1) is 13.3. The zero-order valence-electron chi connectivity index (χ0n) is 10.6. The number of aryl methyl sites for hydroxylation is 2. The second kappa shape index (κ2) is 5.04. The molecule has 0 aliphatic carbocycles. The minimum absolute atomic E-state index is 0.245. The molecule has 0 radical (unpaired) electrons. The first-order valence-corrected chi connectivity index (χ1v) is 7.53. The van der Waals surface area contributed by atoms with Crippen molar-refractivity contribution in [3.63, 3.8) is 0 Å². The second-order valence-corrected chi connectivity index (χ2v) is 6.67. The molecule has 3 nitrogen and oxygen atoms in total. The second-order valence-electron chi connectivity index (χ2n) is 4.37. The maximum atomic E-state index is 11.6. The van der Waals surface area contributed by atoms with Crippen molar-refractivity contribution >= 4 is 9.84 Å². The van der Waals surface area contributed by atoms with Crippen molar-refractivity contribution in [1.82, 2.24) is 4.57 Å². The SMILES string of the molecule is CCCS(=O)(=O)CCn1cc(C)c(C)c1C. The number of sulfone groups is 1. The van der Waals surface area contributed by atoms with E-state index in [2.05, 4.69) is 13.8 Å². The average Bonchev–Trinajstić information content (AvgIpc) is 2.43. The van der Waals surface area contributed by atoms with Gasteiger partial charge < -0.3 is 4.57 Å². The van der Waals surface area contributed by atoms with Crippen molar-refractivity contribution in [3.05, 3.63) is 23.0 Å². The summed E-state index contributed by atoms with van der Waals surface area (Å²) in [4.78, 5) is 0. The summed E-state index contributed by atoms with van der Waals surface area (Å²) in [6, 6.07) is 0. The van der Waals surface area contributed by atoms with Gasteiger partial charge in [-0.3, -0.25) is 0 Å². The minimum atomic E-state index is -2.87. The smallest absolute Gasteiger partial charge is 0.152 e. The highest BCUT2D eigenvalue weighted by Crippen LogP contribution is 2.14. The van der Waals surface area contributed by atoms with Gasteiger partial charge in [0.25, 0.3) is 0 Å². The van der Waals surface area contributed by atoms with Crippen molar-refractivity contribution < 1.29 is 8.42 Å². The molecule has 1 rings (SSSR count). The molecule has 0 atom stereocenters.